The van der Waals surface area contributed by atoms with E-state index in [1.54, 1.807) is 16.8 Å². The summed E-state index contributed by atoms with van der Waals surface area (Å²) in [5.41, 5.74) is 3.92. The first-order chi connectivity index (χ1) is 12.9. The van der Waals surface area contributed by atoms with Gasteiger partial charge in [-0.05, 0) is 54.5 Å². The van der Waals surface area contributed by atoms with Crippen LogP contribution in [0.4, 0.5) is 0 Å². The Bertz CT molecular complexity index is 927. The molecule has 0 fully saturated rings. The standard InChI is InChI=1S/C22H28N2O3/c1-6-8-16(3)17-9-10-19-18(15-17)11-13-24(20(19)25)14-12-22(4,7-2)21(26)23-27-5/h6,8-11,13,15H,1,7,12,14H2,2-5H3,(H,23,26)/b16-8+/t22-/m1/s1. The lowest BCUT2D eigenvalue weighted by Crippen LogP contribution is -2.39. The number of nitrogens with one attached hydrogen (secondary N) is 1. The summed E-state index contributed by atoms with van der Waals surface area (Å²) in [5, 5.41) is 1.58. The van der Waals surface area contributed by atoms with Crippen LogP contribution in [0.1, 0.15) is 39.2 Å². The maximum Gasteiger partial charge on any atom is 0.258 e. The molecule has 0 aliphatic carbocycles. The highest BCUT2D eigenvalue weighted by Crippen LogP contribution is 2.27. The Morgan fingerprint density at radius 1 is 1.37 bits per heavy atom. The van der Waals surface area contributed by atoms with Gasteiger partial charge in [0.25, 0.3) is 5.56 Å². The second kappa shape index (κ2) is 8.82. The van der Waals surface area contributed by atoms with Crippen molar-refractivity contribution in [2.45, 2.75) is 40.2 Å². The van der Waals surface area contributed by atoms with Gasteiger partial charge in [0, 0.05) is 23.5 Å². The molecule has 0 spiro atoms. The fraction of sp³-hybridized carbons (Fsp3) is 0.364. The number of benzene rings is 1. The van der Waals surface area contributed by atoms with Crippen LogP contribution < -0.4 is 11.0 Å². The SMILES string of the molecule is C=C/C=C(\C)c1ccc2c(=O)n(CC[C@@](C)(CC)C(=O)NOC)ccc2c1. The summed E-state index contributed by atoms with van der Waals surface area (Å²) in [6.07, 6.45) is 6.69. The second-order valence-corrected chi connectivity index (χ2v) is 7.00. The molecule has 0 aliphatic rings. The van der Waals surface area contributed by atoms with Gasteiger partial charge < -0.3 is 4.57 Å². The number of aromatic nitrogens is 1. The average Bonchev–Trinajstić information content (AvgIpc) is 2.67. The Balaban J connectivity index is 2.30. The van der Waals surface area contributed by atoms with Crippen molar-refractivity contribution in [3.63, 3.8) is 0 Å². The molecule has 2 rings (SSSR count). The summed E-state index contributed by atoms with van der Waals surface area (Å²) >= 11 is 0. The van der Waals surface area contributed by atoms with Crippen molar-refractivity contribution in [2.24, 2.45) is 5.41 Å². The topological polar surface area (TPSA) is 60.3 Å². The molecule has 1 N–H and O–H groups in total. The van der Waals surface area contributed by atoms with E-state index in [0.717, 1.165) is 16.5 Å². The average molecular weight is 368 g/mol. The van der Waals surface area contributed by atoms with Gasteiger partial charge in [-0.1, -0.05) is 38.6 Å². The van der Waals surface area contributed by atoms with Gasteiger partial charge in [0.1, 0.15) is 0 Å². The number of amides is 1. The molecule has 5 nitrogen and oxygen atoms in total. The van der Waals surface area contributed by atoms with E-state index in [4.69, 9.17) is 4.84 Å². The molecule has 0 radical (unpaired) electrons. The summed E-state index contributed by atoms with van der Waals surface area (Å²) in [6.45, 7) is 10.0. The summed E-state index contributed by atoms with van der Waals surface area (Å²) < 4.78 is 1.67. The third-order valence-corrected chi connectivity index (χ3v) is 5.23. The van der Waals surface area contributed by atoms with Crippen molar-refractivity contribution in [2.75, 3.05) is 7.11 Å². The zero-order valence-corrected chi connectivity index (χ0v) is 16.5. The molecule has 144 valence electrons. The Labute approximate surface area is 160 Å². The third kappa shape index (κ3) is 4.55. The molecule has 0 saturated carbocycles. The number of rotatable bonds is 8. The van der Waals surface area contributed by atoms with Crippen LogP contribution in [0.25, 0.3) is 16.3 Å². The predicted octanol–water partition coefficient (Wildman–Crippen LogP) is 4.07. The Hall–Kier alpha value is -2.66. The second-order valence-electron chi connectivity index (χ2n) is 7.00. The van der Waals surface area contributed by atoms with Gasteiger partial charge in [0.15, 0.2) is 0 Å². The number of hydrogen-bond donors (Lipinski definition) is 1. The maximum absolute atomic E-state index is 12.8. The first-order valence-corrected chi connectivity index (χ1v) is 9.12. The Morgan fingerprint density at radius 3 is 2.74 bits per heavy atom. The van der Waals surface area contributed by atoms with Crippen LogP contribution in [0.5, 0.6) is 0 Å². The number of hydrogen-bond acceptors (Lipinski definition) is 3. The largest absolute Gasteiger partial charge is 0.315 e. The molecule has 0 bridgehead atoms. The van der Waals surface area contributed by atoms with Crippen LogP contribution in [-0.2, 0) is 16.2 Å². The van der Waals surface area contributed by atoms with Gasteiger partial charge in [0.2, 0.25) is 5.91 Å². The number of allylic oxidation sites excluding steroid dienone is 3. The number of carbonyl (C=O) groups is 1. The molecule has 27 heavy (non-hydrogen) atoms. The number of fused-ring (bicyclic) bond motifs is 1. The first-order valence-electron chi connectivity index (χ1n) is 9.12. The number of nitrogens with zero attached hydrogens (tertiary/aromatic N) is 1. The predicted molar refractivity (Wildman–Crippen MR) is 110 cm³/mol. The Morgan fingerprint density at radius 2 is 2.11 bits per heavy atom. The minimum absolute atomic E-state index is 0.0463. The molecule has 0 aliphatic heterocycles. The molecule has 1 amide bonds. The van der Waals surface area contributed by atoms with Crippen LogP contribution in [-0.4, -0.2) is 17.6 Å². The van der Waals surface area contributed by atoms with Crippen molar-refractivity contribution in [3.05, 3.63) is 65.1 Å². The summed E-state index contributed by atoms with van der Waals surface area (Å²) in [6, 6.07) is 7.77. The van der Waals surface area contributed by atoms with Crippen LogP contribution in [0.2, 0.25) is 0 Å². The van der Waals surface area contributed by atoms with Gasteiger partial charge in [0.05, 0.1) is 7.11 Å². The number of hydroxylamine groups is 1. The summed E-state index contributed by atoms with van der Waals surface area (Å²) in [7, 11) is 1.42. The molecule has 0 unspecified atom stereocenters. The van der Waals surface area contributed by atoms with Gasteiger partial charge in [-0.15, -0.1) is 0 Å². The quantitative estimate of drug-likeness (QED) is 0.564. The zero-order valence-electron chi connectivity index (χ0n) is 16.5. The highest BCUT2D eigenvalue weighted by molar-refractivity contribution is 5.85. The van der Waals surface area contributed by atoms with Crippen molar-refractivity contribution < 1.29 is 9.63 Å². The maximum atomic E-state index is 12.8. The minimum Gasteiger partial charge on any atom is -0.315 e. The van der Waals surface area contributed by atoms with Crippen molar-refractivity contribution in [1.29, 1.82) is 0 Å². The van der Waals surface area contributed by atoms with Gasteiger partial charge in [-0.25, -0.2) is 5.48 Å². The van der Waals surface area contributed by atoms with Gasteiger partial charge >= 0.3 is 0 Å². The van der Waals surface area contributed by atoms with Gasteiger partial charge in [-0.2, -0.15) is 0 Å². The lowest BCUT2D eigenvalue weighted by Gasteiger charge is -2.26. The van der Waals surface area contributed by atoms with Crippen LogP contribution in [0.15, 0.2) is 54.0 Å². The first kappa shape index (κ1) is 20.6. The van der Waals surface area contributed by atoms with E-state index in [-0.39, 0.29) is 11.5 Å². The van der Waals surface area contributed by atoms with E-state index >= 15 is 0 Å². The molecule has 1 aromatic heterocycles. The Kier molecular flexibility index (Phi) is 6.75. The van der Waals surface area contributed by atoms with Crippen LogP contribution in [0.3, 0.4) is 0 Å². The van der Waals surface area contributed by atoms with Crippen molar-refractivity contribution in [1.82, 2.24) is 10.0 Å². The fourth-order valence-corrected chi connectivity index (χ4v) is 3.02. The lowest BCUT2D eigenvalue weighted by molar-refractivity contribution is -0.141. The number of pyridine rings is 1. The monoisotopic (exact) mass is 368 g/mol. The normalized spacial score (nSPS) is 14.0. The van der Waals surface area contributed by atoms with E-state index < -0.39 is 5.41 Å². The smallest absolute Gasteiger partial charge is 0.258 e. The van der Waals surface area contributed by atoms with Gasteiger partial charge in [-0.3, -0.25) is 14.4 Å². The molecule has 1 aromatic carbocycles. The number of aryl methyl sites for hydroxylation is 1. The fourth-order valence-electron chi connectivity index (χ4n) is 3.02. The molecule has 1 atom stereocenters. The summed E-state index contributed by atoms with van der Waals surface area (Å²) in [5.74, 6) is -0.171. The van der Waals surface area contributed by atoms with Crippen molar-refractivity contribution >= 4 is 22.3 Å². The van der Waals surface area contributed by atoms with E-state index in [2.05, 4.69) is 12.1 Å². The lowest BCUT2D eigenvalue weighted by atomic mass is 9.83. The highest BCUT2D eigenvalue weighted by Gasteiger charge is 2.31. The summed E-state index contributed by atoms with van der Waals surface area (Å²) in [4.78, 5) is 29.8. The molecule has 0 saturated heterocycles. The zero-order chi connectivity index (χ0) is 20.0. The van der Waals surface area contributed by atoms with E-state index in [9.17, 15) is 9.59 Å². The molecular formula is C22H28N2O3. The van der Waals surface area contributed by atoms with Crippen molar-refractivity contribution in [3.8, 4) is 0 Å². The molecular weight excluding hydrogens is 340 g/mol. The molecule has 2 aromatic rings. The van der Waals surface area contributed by atoms with E-state index in [1.165, 1.54) is 7.11 Å². The third-order valence-electron chi connectivity index (χ3n) is 5.23. The van der Waals surface area contributed by atoms with E-state index in [1.807, 2.05) is 51.1 Å². The van der Waals surface area contributed by atoms with Crippen LogP contribution >= 0.6 is 0 Å². The van der Waals surface area contributed by atoms with E-state index in [0.29, 0.717) is 24.8 Å². The molecule has 1 heterocycles. The molecule has 5 heteroatoms. The van der Waals surface area contributed by atoms with Crippen LogP contribution in [0, 0.1) is 5.41 Å². The number of carbonyl (C=O) groups excluding carboxylic acids is 1. The minimum atomic E-state index is -0.596. The highest BCUT2D eigenvalue weighted by atomic mass is 16.6.